The Morgan fingerprint density at radius 1 is 1.35 bits per heavy atom. The summed E-state index contributed by atoms with van der Waals surface area (Å²) in [6.45, 7) is 2.53. The molecule has 0 radical (unpaired) electrons. The Bertz CT molecular complexity index is 517. The van der Waals surface area contributed by atoms with E-state index in [1.165, 1.54) is 0 Å². The highest BCUT2D eigenvalue weighted by molar-refractivity contribution is 5.79. The van der Waals surface area contributed by atoms with Crippen molar-refractivity contribution in [3.05, 3.63) is 27.9 Å². The standard InChI is InChI=1S/C12H16N4O/c17-12-15-10-8-14-5-1-2-11(10)16(12)9-3-6-13-7-4-9/h1-2,5,9,13H,3-4,6-8H2,(H,15,17). The largest absolute Gasteiger partial charge is 0.326 e. The number of hydrogen-bond donors (Lipinski definition) is 2. The molecule has 0 spiro atoms. The number of allylic oxidation sites excluding steroid dienone is 1. The zero-order valence-electron chi connectivity index (χ0n) is 9.65. The third-order valence-corrected chi connectivity index (χ3v) is 3.41. The van der Waals surface area contributed by atoms with Crippen LogP contribution >= 0.6 is 0 Å². The minimum atomic E-state index is 0.00338. The van der Waals surface area contributed by atoms with Gasteiger partial charge in [-0.2, -0.15) is 0 Å². The lowest BCUT2D eigenvalue weighted by molar-refractivity contribution is 0.360. The summed E-state index contributed by atoms with van der Waals surface area (Å²) < 4.78 is 1.90. The normalized spacial score (nSPS) is 20.2. The van der Waals surface area contributed by atoms with E-state index in [-0.39, 0.29) is 5.69 Å². The first-order valence-corrected chi connectivity index (χ1v) is 6.07. The molecule has 17 heavy (non-hydrogen) atoms. The second-order valence-corrected chi connectivity index (χ2v) is 4.49. The minimum absolute atomic E-state index is 0.00338. The number of rotatable bonds is 1. The van der Waals surface area contributed by atoms with Crippen molar-refractivity contribution in [2.45, 2.75) is 25.4 Å². The molecule has 2 N–H and O–H groups in total. The van der Waals surface area contributed by atoms with Gasteiger partial charge in [0.05, 0.1) is 17.9 Å². The van der Waals surface area contributed by atoms with Gasteiger partial charge in [-0.1, -0.05) is 0 Å². The van der Waals surface area contributed by atoms with Gasteiger partial charge in [-0.3, -0.25) is 9.56 Å². The van der Waals surface area contributed by atoms with E-state index >= 15 is 0 Å². The van der Waals surface area contributed by atoms with E-state index in [0.29, 0.717) is 12.6 Å². The van der Waals surface area contributed by atoms with Crippen LogP contribution in [0.5, 0.6) is 0 Å². The summed E-state index contributed by atoms with van der Waals surface area (Å²) in [6, 6.07) is 0.312. The second-order valence-electron chi connectivity index (χ2n) is 4.49. The molecular formula is C12H16N4O. The number of nitrogens with zero attached hydrogens (tertiary/aromatic N) is 2. The van der Waals surface area contributed by atoms with E-state index in [0.717, 1.165) is 37.3 Å². The van der Waals surface area contributed by atoms with Crippen molar-refractivity contribution < 1.29 is 0 Å². The molecule has 3 heterocycles. The predicted octanol–water partition coefficient (Wildman–Crippen LogP) is 0.698. The number of nitrogens with one attached hydrogen (secondary N) is 2. The monoisotopic (exact) mass is 232 g/mol. The fourth-order valence-electron chi connectivity index (χ4n) is 2.58. The van der Waals surface area contributed by atoms with Gasteiger partial charge >= 0.3 is 5.69 Å². The first-order valence-electron chi connectivity index (χ1n) is 6.07. The molecule has 0 saturated carbocycles. The van der Waals surface area contributed by atoms with Crippen molar-refractivity contribution >= 4 is 12.3 Å². The molecule has 1 fully saturated rings. The molecule has 0 unspecified atom stereocenters. The van der Waals surface area contributed by atoms with Crippen LogP contribution in [0.4, 0.5) is 0 Å². The molecular weight excluding hydrogens is 216 g/mol. The SMILES string of the molecule is O=c1[nH]c2c(n1C1CCNCC1)C=CC=NC2. The predicted molar refractivity (Wildman–Crippen MR) is 67.4 cm³/mol. The number of H-pyrrole nitrogens is 1. The first kappa shape index (κ1) is 10.5. The number of imidazole rings is 1. The van der Waals surface area contributed by atoms with Gasteiger partial charge in [-0.15, -0.1) is 0 Å². The van der Waals surface area contributed by atoms with Crippen molar-refractivity contribution in [1.29, 1.82) is 0 Å². The lowest BCUT2D eigenvalue weighted by Gasteiger charge is -2.24. The second kappa shape index (κ2) is 4.33. The van der Waals surface area contributed by atoms with Crippen molar-refractivity contribution in [2.75, 3.05) is 13.1 Å². The topological polar surface area (TPSA) is 62.2 Å². The Kier molecular flexibility index (Phi) is 2.68. The summed E-state index contributed by atoms with van der Waals surface area (Å²) in [5, 5.41) is 3.32. The van der Waals surface area contributed by atoms with E-state index in [1.54, 1.807) is 6.21 Å². The van der Waals surface area contributed by atoms with Crippen LogP contribution in [-0.4, -0.2) is 28.9 Å². The Morgan fingerprint density at radius 2 is 2.18 bits per heavy atom. The maximum absolute atomic E-state index is 12.0. The quantitative estimate of drug-likeness (QED) is 0.748. The summed E-state index contributed by atoms with van der Waals surface area (Å²) in [5.74, 6) is 0. The number of hydrogen-bond acceptors (Lipinski definition) is 3. The molecule has 1 aromatic rings. The summed E-state index contributed by atoms with van der Waals surface area (Å²) >= 11 is 0. The summed E-state index contributed by atoms with van der Waals surface area (Å²) in [6.07, 6.45) is 7.69. The molecule has 5 heteroatoms. The number of fused-ring (bicyclic) bond motifs is 1. The summed E-state index contributed by atoms with van der Waals surface area (Å²) in [5.41, 5.74) is 1.93. The van der Waals surface area contributed by atoms with Crippen molar-refractivity contribution in [3.8, 4) is 0 Å². The summed E-state index contributed by atoms with van der Waals surface area (Å²) in [4.78, 5) is 19.1. The lowest BCUT2D eigenvalue weighted by Crippen LogP contribution is -2.33. The fourth-order valence-corrected chi connectivity index (χ4v) is 2.58. The van der Waals surface area contributed by atoms with Crippen LogP contribution in [0.25, 0.3) is 6.08 Å². The van der Waals surface area contributed by atoms with Gasteiger partial charge in [-0.25, -0.2) is 4.79 Å². The molecule has 0 aliphatic carbocycles. The zero-order chi connectivity index (χ0) is 11.7. The average molecular weight is 232 g/mol. The Balaban J connectivity index is 2.04. The average Bonchev–Trinajstić information content (AvgIpc) is 2.52. The van der Waals surface area contributed by atoms with Crippen LogP contribution in [0.2, 0.25) is 0 Å². The number of aromatic nitrogens is 2. The molecule has 2 aliphatic rings. The van der Waals surface area contributed by atoms with Gasteiger partial charge in [0.15, 0.2) is 0 Å². The zero-order valence-corrected chi connectivity index (χ0v) is 9.65. The maximum atomic E-state index is 12.0. The van der Waals surface area contributed by atoms with Crippen LogP contribution in [0.15, 0.2) is 15.9 Å². The van der Waals surface area contributed by atoms with Crippen LogP contribution in [-0.2, 0) is 6.54 Å². The Labute approximate surface area is 99.3 Å². The van der Waals surface area contributed by atoms with Crippen molar-refractivity contribution in [1.82, 2.24) is 14.9 Å². The highest BCUT2D eigenvalue weighted by atomic mass is 16.1. The van der Waals surface area contributed by atoms with Gasteiger partial charge in [-0.05, 0) is 38.1 Å². The van der Waals surface area contributed by atoms with E-state index in [9.17, 15) is 4.79 Å². The number of aliphatic imine (C=N–C) groups is 1. The molecule has 1 aromatic heterocycles. The van der Waals surface area contributed by atoms with Crippen molar-refractivity contribution in [2.24, 2.45) is 4.99 Å². The van der Waals surface area contributed by atoms with E-state index in [1.807, 2.05) is 16.7 Å². The van der Waals surface area contributed by atoms with Crippen LogP contribution in [0.3, 0.4) is 0 Å². The van der Waals surface area contributed by atoms with Crippen LogP contribution in [0, 0.1) is 0 Å². The third kappa shape index (κ3) is 1.86. The molecule has 3 rings (SSSR count). The molecule has 1 saturated heterocycles. The van der Waals surface area contributed by atoms with Crippen LogP contribution < -0.4 is 11.0 Å². The molecule has 2 aliphatic heterocycles. The van der Waals surface area contributed by atoms with Gasteiger partial charge in [0.1, 0.15) is 0 Å². The fraction of sp³-hybridized carbons (Fsp3) is 0.500. The van der Waals surface area contributed by atoms with Crippen molar-refractivity contribution in [3.63, 3.8) is 0 Å². The Hall–Kier alpha value is -1.62. The minimum Gasteiger partial charge on any atom is -0.317 e. The number of aromatic amines is 1. The Morgan fingerprint density at radius 3 is 3.00 bits per heavy atom. The maximum Gasteiger partial charge on any atom is 0.326 e. The van der Waals surface area contributed by atoms with E-state index in [2.05, 4.69) is 15.3 Å². The highest BCUT2D eigenvalue weighted by Gasteiger charge is 2.21. The molecule has 90 valence electrons. The molecule has 5 nitrogen and oxygen atoms in total. The number of piperidine rings is 1. The molecule has 0 atom stereocenters. The molecule has 0 bridgehead atoms. The molecule has 0 amide bonds. The van der Waals surface area contributed by atoms with Gasteiger partial charge in [0, 0.05) is 12.3 Å². The molecule has 0 aromatic carbocycles. The van der Waals surface area contributed by atoms with Gasteiger partial charge in [0.25, 0.3) is 0 Å². The van der Waals surface area contributed by atoms with Crippen LogP contribution in [0.1, 0.15) is 30.3 Å². The summed E-state index contributed by atoms with van der Waals surface area (Å²) in [7, 11) is 0. The van der Waals surface area contributed by atoms with Gasteiger partial charge in [0.2, 0.25) is 0 Å². The van der Waals surface area contributed by atoms with E-state index in [4.69, 9.17) is 0 Å². The first-order chi connectivity index (χ1) is 8.36. The van der Waals surface area contributed by atoms with Gasteiger partial charge < -0.3 is 10.3 Å². The third-order valence-electron chi connectivity index (χ3n) is 3.41. The highest BCUT2D eigenvalue weighted by Crippen LogP contribution is 2.22. The smallest absolute Gasteiger partial charge is 0.317 e. The van der Waals surface area contributed by atoms with E-state index < -0.39 is 0 Å². The lowest BCUT2D eigenvalue weighted by atomic mass is 10.1.